The quantitative estimate of drug-likeness (QED) is 0.477. The minimum Gasteiger partial charge on any atom is -0.367 e. The van der Waals surface area contributed by atoms with Gasteiger partial charge < -0.3 is 4.90 Å². The molecule has 0 amide bonds. The average molecular weight is 178 g/mol. The summed E-state index contributed by atoms with van der Waals surface area (Å²) in [6, 6.07) is 0. The molecule has 2 nitrogen and oxygen atoms in total. The molecule has 1 aliphatic heterocycles. The van der Waals surface area contributed by atoms with Gasteiger partial charge in [0.05, 0.1) is 11.4 Å². The third-order valence-electron chi connectivity index (χ3n) is 2.09. The van der Waals surface area contributed by atoms with Crippen molar-refractivity contribution in [1.29, 1.82) is 0 Å². The van der Waals surface area contributed by atoms with Gasteiger partial charge >= 0.3 is 0 Å². The minimum absolute atomic E-state index is 0.975. The predicted octanol–water partition coefficient (Wildman–Crippen LogP) is 2.59. The first-order chi connectivity index (χ1) is 6.20. The summed E-state index contributed by atoms with van der Waals surface area (Å²) in [7, 11) is 0. The standard InChI is InChI=1S/C11H18N2/c1-5-10(12-6-2)11(9(3)4)13-7-8-13/h6H,2,5,7-8H2,1,3-4H3. The molecule has 0 aromatic heterocycles. The molecule has 1 heterocycles. The molecule has 0 saturated carbocycles. The van der Waals surface area contributed by atoms with Gasteiger partial charge in [-0.2, -0.15) is 0 Å². The number of hydrogen-bond donors (Lipinski definition) is 0. The third kappa shape index (κ3) is 2.44. The van der Waals surface area contributed by atoms with Crippen LogP contribution in [0, 0.1) is 0 Å². The molecule has 1 rings (SSSR count). The SMILES string of the molecule is C=CN=C(CC)C(=C(C)C)N1CC1. The van der Waals surface area contributed by atoms with Crippen LogP contribution >= 0.6 is 0 Å². The summed E-state index contributed by atoms with van der Waals surface area (Å²) >= 11 is 0. The number of aliphatic imine (C=N–C) groups is 1. The highest BCUT2D eigenvalue weighted by atomic mass is 15.3. The van der Waals surface area contributed by atoms with E-state index in [0.29, 0.717) is 0 Å². The van der Waals surface area contributed by atoms with Gasteiger partial charge in [0.25, 0.3) is 0 Å². The van der Waals surface area contributed by atoms with Gasteiger partial charge in [0.2, 0.25) is 0 Å². The zero-order valence-corrected chi connectivity index (χ0v) is 8.80. The first-order valence-electron chi connectivity index (χ1n) is 4.81. The number of rotatable bonds is 4. The summed E-state index contributed by atoms with van der Waals surface area (Å²) in [5, 5.41) is 0. The van der Waals surface area contributed by atoms with Crippen LogP contribution in [0.4, 0.5) is 0 Å². The van der Waals surface area contributed by atoms with E-state index < -0.39 is 0 Å². The molecule has 72 valence electrons. The molecule has 1 aliphatic rings. The van der Waals surface area contributed by atoms with Gasteiger partial charge in [-0.15, -0.1) is 0 Å². The van der Waals surface area contributed by atoms with E-state index in [2.05, 4.69) is 37.2 Å². The Labute approximate surface area is 80.7 Å². The van der Waals surface area contributed by atoms with E-state index >= 15 is 0 Å². The second kappa shape index (κ2) is 4.26. The molecule has 13 heavy (non-hydrogen) atoms. The average Bonchev–Trinajstić information content (AvgIpc) is 2.86. The van der Waals surface area contributed by atoms with Crippen LogP contribution in [0.3, 0.4) is 0 Å². The second-order valence-electron chi connectivity index (χ2n) is 3.45. The minimum atomic E-state index is 0.975. The topological polar surface area (TPSA) is 15.4 Å². The summed E-state index contributed by atoms with van der Waals surface area (Å²) in [6.45, 7) is 12.4. The van der Waals surface area contributed by atoms with Crippen molar-refractivity contribution < 1.29 is 0 Å². The molecule has 0 aromatic carbocycles. The second-order valence-corrected chi connectivity index (χ2v) is 3.45. The monoisotopic (exact) mass is 178 g/mol. The molecule has 2 heteroatoms. The molecular formula is C11H18N2. The highest BCUT2D eigenvalue weighted by molar-refractivity contribution is 6.00. The molecule has 0 N–H and O–H groups in total. The van der Waals surface area contributed by atoms with Gasteiger partial charge in [-0.05, 0) is 20.3 Å². The number of allylic oxidation sites excluding steroid dienone is 2. The third-order valence-corrected chi connectivity index (χ3v) is 2.09. The van der Waals surface area contributed by atoms with Crippen LogP contribution in [0.2, 0.25) is 0 Å². The molecule has 1 fully saturated rings. The normalized spacial score (nSPS) is 15.6. The van der Waals surface area contributed by atoms with Crippen molar-refractivity contribution in [2.24, 2.45) is 4.99 Å². The lowest BCUT2D eigenvalue weighted by molar-refractivity contribution is 0.720. The van der Waals surface area contributed by atoms with Gasteiger partial charge in [0.1, 0.15) is 0 Å². The van der Waals surface area contributed by atoms with Crippen molar-refractivity contribution in [2.75, 3.05) is 13.1 Å². The molecule has 0 spiro atoms. The molecule has 0 atom stereocenters. The van der Waals surface area contributed by atoms with Crippen LogP contribution in [-0.2, 0) is 0 Å². The Morgan fingerprint density at radius 2 is 2.08 bits per heavy atom. The zero-order chi connectivity index (χ0) is 9.84. The van der Waals surface area contributed by atoms with Crippen LogP contribution in [0.1, 0.15) is 27.2 Å². The summed E-state index contributed by atoms with van der Waals surface area (Å²) in [4.78, 5) is 6.65. The maximum atomic E-state index is 4.31. The number of nitrogens with zero attached hydrogens (tertiary/aromatic N) is 2. The first-order valence-corrected chi connectivity index (χ1v) is 4.81. The lowest BCUT2D eigenvalue weighted by Crippen LogP contribution is -2.11. The predicted molar refractivity (Wildman–Crippen MR) is 57.9 cm³/mol. The molecule has 0 bridgehead atoms. The van der Waals surface area contributed by atoms with Gasteiger partial charge in [-0.1, -0.05) is 19.1 Å². The van der Waals surface area contributed by atoms with Gasteiger partial charge in [-0.25, -0.2) is 0 Å². The Morgan fingerprint density at radius 3 is 2.38 bits per heavy atom. The molecule has 0 unspecified atom stereocenters. The van der Waals surface area contributed by atoms with Gasteiger partial charge in [0.15, 0.2) is 0 Å². The first kappa shape index (κ1) is 10.0. The van der Waals surface area contributed by atoms with Crippen LogP contribution in [0.15, 0.2) is 29.0 Å². The highest BCUT2D eigenvalue weighted by Crippen LogP contribution is 2.21. The van der Waals surface area contributed by atoms with Crippen molar-refractivity contribution in [3.63, 3.8) is 0 Å². The largest absolute Gasteiger partial charge is 0.367 e. The lowest BCUT2D eigenvalue weighted by Gasteiger charge is -2.12. The molecule has 0 aliphatic carbocycles. The Bertz CT molecular complexity index is 253. The molecule has 1 saturated heterocycles. The maximum Gasteiger partial charge on any atom is 0.0633 e. The van der Waals surface area contributed by atoms with Gasteiger partial charge in [-0.3, -0.25) is 4.99 Å². The van der Waals surface area contributed by atoms with Crippen molar-refractivity contribution in [3.05, 3.63) is 24.0 Å². The Hall–Kier alpha value is -1.05. The van der Waals surface area contributed by atoms with E-state index in [9.17, 15) is 0 Å². The molecule has 0 aromatic rings. The summed E-state index contributed by atoms with van der Waals surface area (Å²) in [6.07, 6.45) is 2.61. The summed E-state index contributed by atoms with van der Waals surface area (Å²) in [5.74, 6) is 0. The van der Waals surface area contributed by atoms with Crippen LogP contribution in [0.25, 0.3) is 0 Å². The van der Waals surface area contributed by atoms with Crippen molar-refractivity contribution in [3.8, 4) is 0 Å². The van der Waals surface area contributed by atoms with E-state index in [1.807, 2.05) is 0 Å². The van der Waals surface area contributed by atoms with Crippen molar-refractivity contribution in [2.45, 2.75) is 27.2 Å². The zero-order valence-electron chi connectivity index (χ0n) is 8.80. The van der Waals surface area contributed by atoms with Crippen LogP contribution in [-0.4, -0.2) is 23.7 Å². The Kier molecular flexibility index (Phi) is 3.29. The van der Waals surface area contributed by atoms with E-state index in [4.69, 9.17) is 0 Å². The smallest absolute Gasteiger partial charge is 0.0633 e. The van der Waals surface area contributed by atoms with Crippen LogP contribution < -0.4 is 0 Å². The van der Waals surface area contributed by atoms with Crippen molar-refractivity contribution in [1.82, 2.24) is 4.90 Å². The molecule has 0 radical (unpaired) electrons. The summed E-state index contributed by atoms with van der Waals surface area (Å²) < 4.78 is 0. The van der Waals surface area contributed by atoms with E-state index in [1.165, 1.54) is 24.4 Å². The van der Waals surface area contributed by atoms with E-state index in [-0.39, 0.29) is 0 Å². The van der Waals surface area contributed by atoms with Crippen molar-refractivity contribution >= 4 is 5.71 Å². The fraction of sp³-hybridized carbons (Fsp3) is 0.545. The fourth-order valence-electron chi connectivity index (χ4n) is 1.49. The Morgan fingerprint density at radius 1 is 1.46 bits per heavy atom. The fourth-order valence-corrected chi connectivity index (χ4v) is 1.49. The Balaban J connectivity index is 2.91. The van der Waals surface area contributed by atoms with E-state index in [0.717, 1.165) is 12.1 Å². The lowest BCUT2D eigenvalue weighted by atomic mass is 10.1. The van der Waals surface area contributed by atoms with Crippen LogP contribution in [0.5, 0.6) is 0 Å². The van der Waals surface area contributed by atoms with Gasteiger partial charge in [0, 0.05) is 19.3 Å². The summed E-state index contributed by atoms with van der Waals surface area (Å²) in [5.41, 5.74) is 3.83. The highest BCUT2D eigenvalue weighted by Gasteiger charge is 2.24. The van der Waals surface area contributed by atoms with E-state index in [1.54, 1.807) is 6.20 Å². The maximum absolute atomic E-state index is 4.31. The molecular weight excluding hydrogens is 160 g/mol. The number of hydrogen-bond acceptors (Lipinski definition) is 2.